The van der Waals surface area contributed by atoms with E-state index >= 15 is 0 Å². The van der Waals surface area contributed by atoms with Gasteiger partial charge < -0.3 is 24.0 Å². The van der Waals surface area contributed by atoms with E-state index in [2.05, 4.69) is 4.98 Å². The Kier molecular flexibility index (Phi) is 9.09. The number of ether oxygens (including phenoxy) is 3. The molecule has 2 heterocycles. The fourth-order valence-electron chi connectivity index (χ4n) is 3.99. The van der Waals surface area contributed by atoms with E-state index in [9.17, 15) is 0 Å². The summed E-state index contributed by atoms with van der Waals surface area (Å²) in [5.74, 6) is -0.515. The fourth-order valence-corrected chi connectivity index (χ4v) is 4.77. The zero-order valence-corrected chi connectivity index (χ0v) is 22.0. The minimum Gasteiger partial charge on any atom is -0.489 e. The van der Waals surface area contributed by atoms with Crippen LogP contribution in [0.2, 0.25) is 15.1 Å². The first-order valence-electron chi connectivity index (χ1n) is 11.3. The Morgan fingerprint density at radius 2 is 1.84 bits per heavy atom. The van der Waals surface area contributed by atoms with Crippen LogP contribution in [0.3, 0.4) is 0 Å². The number of hydrogen-bond acceptors (Lipinski definition) is 6. The van der Waals surface area contributed by atoms with Crippen LogP contribution in [0, 0.1) is 10.1 Å². The van der Waals surface area contributed by atoms with E-state index in [1.54, 1.807) is 24.7 Å². The molecule has 0 radical (unpaired) electrons. The van der Waals surface area contributed by atoms with Crippen LogP contribution in [0.25, 0.3) is 11.1 Å². The molecule has 2 unspecified atom stereocenters. The van der Waals surface area contributed by atoms with Gasteiger partial charge in [-0.25, -0.2) is 4.98 Å². The van der Waals surface area contributed by atoms with Crippen molar-refractivity contribution in [3.05, 3.63) is 116 Å². The third-order valence-electron chi connectivity index (χ3n) is 5.61. The molecule has 5 rings (SSSR count). The molecule has 0 aliphatic carbocycles. The minimum absolute atomic E-state index is 0.265. The Balaban J connectivity index is 0.000000786. The first kappa shape index (κ1) is 27.7. The highest BCUT2D eigenvalue weighted by atomic mass is 35.5. The Labute approximate surface area is 233 Å². The van der Waals surface area contributed by atoms with Gasteiger partial charge in [-0.3, -0.25) is 0 Å². The van der Waals surface area contributed by atoms with Crippen LogP contribution in [-0.2, 0) is 21.8 Å². The Bertz CT molecular complexity index is 1370. The normalized spacial score (nSPS) is 18.4. The molecule has 0 spiro atoms. The van der Waals surface area contributed by atoms with Crippen molar-refractivity contribution in [2.75, 3.05) is 13.2 Å². The maximum absolute atomic E-state index is 8.36. The van der Waals surface area contributed by atoms with E-state index in [1.165, 1.54) is 0 Å². The topological polar surface area (TPSA) is 109 Å². The predicted molar refractivity (Wildman–Crippen MR) is 142 cm³/mol. The second kappa shape index (κ2) is 12.5. The average Bonchev–Trinajstić information content (AvgIpc) is 3.54. The lowest BCUT2D eigenvalue weighted by molar-refractivity contribution is -0.742. The van der Waals surface area contributed by atoms with Gasteiger partial charge in [-0.15, -0.1) is 10.1 Å². The number of halogens is 3. The third-order valence-corrected chi connectivity index (χ3v) is 6.46. The maximum atomic E-state index is 8.36. The van der Waals surface area contributed by atoms with Gasteiger partial charge in [0.05, 0.1) is 29.5 Å². The van der Waals surface area contributed by atoms with Crippen molar-refractivity contribution in [3.63, 3.8) is 0 Å². The van der Waals surface area contributed by atoms with E-state index in [1.807, 2.05) is 65.4 Å². The summed E-state index contributed by atoms with van der Waals surface area (Å²) in [4.78, 5) is 12.5. The van der Waals surface area contributed by atoms with Crippen molar-refractivity contribution in [2.45, 2.75) is 18.4 Å². The van der Waals surface area contributed by atoms with Gasteiger partial charge in [-0.05, 0) is 35.4 Å². The molecule has 38 heavy (non-hydrogen) atoms. The fraction of sp³-hybridized carbons (Fsp3) is 0.192. The molecule has 0 bridgehead atoms. The smallest absolute Gasteiger partial charge is 0.291 e. The molecule has 3 aromatic carbocycles. The minimum atomic E-state index is -1.50. The zero-order chi connectivity index (χ0) is 27.1. The molecule has 1 N–H and O–H groups in total. The molecule has 0 saturated carbocycles. The van der Waals surface area contributed by atoms with Crippen LogP contribution in [0.15, 0.2) is 85.5 Å². The number of imidazole rings is 1. The van der Waals surface area contributed by atoms with E-state index in [-0.39, 0.29) is 12.7 Å². The summed E-state index contributed by atoms with van der Waals surface area (Å²) in [6, 6.07) is 21.1. The van der Waals surface area contributed by atoms with Gasteiger partial charge in [0, 0.05) is 23.0 Å². The molecule has 4 aromatic rings. The monoisotopic (exact) mass is 577 g/mol. The highest BCUT2D eigenvalue weighted by molar-refractivity contribution is 6.35. The van der Waals surface area contributed by atoms with Gasteiger partial charge >= 0.3 is 0 Å². The largest absolute Gasteiger partial charge is 0.489 e. The predicted octanol–water partition coefficient (Wildman–Crippen LogP) is 6.51. The first-order chi connectivity index (χ1) is 18.3. The number of benzene rings is 3. The molecule has 1 aliphatic rings. The Morgan fingerprint density at radius 1 is 1.08 bits per heavy atom. The van der Waals surface area contributed by atoms with Gasteiger partial charge in [0.15, 0.2) is 0 Å². The highest BCUT2D eigenvalue weighted by Gasteiger charge is 2.45. The lowest BCUT2D eigenvalue weighted by atomic mass is 10.1. The van der Waals surface area contributed by atoms with Crippen molar-refractivity contribution >= 4 is 34.8 Å². The molecule has 12 heteroatoms. The van der Waals surface area contributed by atoms with Crippen LogP contribution in [0.4, 0.5) is 0 Å². The number of hydrogen-bond donors (Lipinski definition) is 1. The Morgan fingerprint density at radius 3 is 2.50 bits per heavy atom. The summed E-state index contributed by atoms with van der Waals surface area (Å²) < 4.78 is 20.5. The van der Waals surface area contributed by atoms with Crippen molar-refractivity contribution in [3.8, 4) is 16.9 Å². The van der Waals surface area contributed by atoms with Crippen LogP contribution in [0.1, 0.15) is 5.56 Å². The standard InChI is InChI=1S/C26H21Cl3N2O3.HNO3/c27-20-7-8-22(23(28)13-20)26(16-31-11-10-30-17-31)33-15-21(34-26)14-32-25-9-6-19(12-24(25)29)18-4-2-1-3-5-18;2-1(3)4/h1-13,17,21H,14-16H2;(H,2,3,4). The summed E-state index contributed by atoms with van der Waals surface area (Å²) >= 11 is 19.1. The van der Waals surface area contributed by atoms with Crippen LogP contribution < -0.4 is 4.74 Å². The van der Waals surface area contributed by atoms with Gasteiger partial charge in [0.2, 0.25) is 5.79 Å². The maximum Gasteiger partial charge on any atom is 0.291 e. The van der Waals surface area contributed by atoms with Crippen LogP contribution >= 0.6 is 34.8 Å². The molecular formula is C26H22Cl3N3O6. The molecule has 1 fully saturated rings. The third kappa shape index (κ3) is 6.94. The summed E-state index contributed by atoms with van der Waals surface area (Å²) in [6.07, 6.45) is 4.92. The number of rotatable bonds is 7. The molecule has 198 valence electrons. The quantitative estimate of drug-likeness (QED) is 0.197. The van der Waals surface area contributed by atoms with E-state index in [0.717, 1.165) is 11.1 Å². The van der Waals surface area contributed by atoms with E-state index < -0.39 is 10.9 Å². The number of nitrogens with zero attached hydrogens (tertiary/aromatic N) is 3. The van der Waals surface area contributed by atoms with Crippen molar-refractivity contribution in [1.82, 2.24) is 9.55 Å². The Hall–Kier alpha value is -3.34. The molecule has 1 saturated heterocycles. The van der Waals surface area contributed by atoms with E-state index in [4.69, 9.17) is 64.3 Å². The zero-order valence-electron chi connectivity index (χ0n) is 19.7. The van der Waals surface area contributed by atoms with Crippen LogP contribution in [0.5, 0.6) is 5.75 Å². The first-order valence-corrected chi connectivity index (χ1v) is 12.4. The van der Waals surface area contributed by atoms with Gasteiger partial charge in [-0.1, -0.05) is 77.3 Å². The second-order valence-electron chi connectivity index (χ2n) is 8.22. The average molecular weight is 579 g/mol. The highest BCUT2D eigenvalue weighted by Crippen LogP contribution is 2.41. The van der Waals surface area contributed by atoms with Crippen molar-refractivity contribution in [1.29, 1.82) is 0 Å². The molecule has 2 atom stereocenters. The van der Waals surface area contributed by atoms with Crippen LogP contribution in [-0.4, -0.2) is 39.2 Å². The molecule has 1 aliphatic heterocycles. The summed E-state index contributed by atoms with van der Waals surface area (Å²) in [6.45, 7) is 0.964. The van der Waals surface area contributed by atoms with Crippen molar-refractivity contribution in [2.24, 2.45) is 0 Å². The lowest BCUT2D eigenvalue weighted by Gasteiger charge is -2.30. The molecule has 0 amide bonds. The SMILES string of the molecule is Clc1ccc(C2(Cn3ccnc3)OCC(COc3ccc(-c4ccccc4)cc3Cl)O2)c(Cl)c1.O=[N+]([O-])O. The summed E-state index contributed by atoms with van der Waals surface area (Å²) in [7, 11) is 0. The summed E-state index contributed by atoms with van der Waals surface area (Å²) in [5.41, 5.74) is 2.81. The summed E-state index contributed by atoms with van der Waals surface area (Å²) in [5, 5.41) is 15.2. The van der Waals surface area contributed by atoms with Gasteiger partial charge in [0.25, 0.3) is 5.09 Å². The van der Waals surface area contributed by atoms with Crippen molar-refractivity contribution < 1.29 is 24.5 Å². The van der Waals surface area contributed by atoms with Gasteiger partial charge in [0.1, 0.15) is 18.5 Å². The second-order valence-corrected chi connectivity index (χ2v) is 9.47. The number of aromatic nitrogens is 2. The molecule has 9 nitrogen and oxygen atoms in total. The lowest BCUT2D eigenvalue weighted by Crippen LogP contribution is -2.34. The molecular weight excluding hydrogens is 557 g/mol. The molecule has 1 aromatic heterocycles. The van der Waals surface area contributed by atoms with E-state index in [0.29, 0.717) is 39.5 Å². The van der Waals surface area contributed by atoms with Gasteiger partial charge in [-0.2, -0.15) is 0 Å².